The molecule has 0 saturated heterocycles. The minimum absolute atomic E-state index is 0.274. The zero-order valence-electron chi connectivity index (χ0n) is 12.4. The monoisotopic (exact) mass is 292 g/mol. The fourth-order valence-corrected chi connectivity index (χ4v) is 4.26. The summed E-state index contributed by atoms with van der Waals surface area (Å²) in [5.74, 6) is 1.04. The first kappa shape index (κ1) is 14.1. The van der Waals surface area contributed by atoms with Crippen LogP contribution in [0, 0.1) is 5.92 Å². The number of rotatable bonds is 5. The summed E-state index contributed by atoms with van der Waals surface area (Å²) in [6.45, 7) is 6.03. The number of hydrogen-bond donors (Lipinski definition) is 1. The maximum Gasteiger partial charge on any atom is 0.224 e. The molecule has 1 aromatic heterocycles. The Labute approximate surface area is 125 Å². The smallest absolute Gasteiger partial charge is 0.224 e. The largest absolute Gasteiger partial charge is 0.335 e. The van der Waals surface area contributed by atoms with E-state index in [0.29, 0.717) is 24.3 Å². The molecule has 2 atom stereocenters. The Morgan fingerprint density at radius 1 is 1.55 bits per heavy atom. The standard InChI is InChI=1S/C16H24N2OS/c1-3-17-11(2)10-15(19)18-8-6-14-13(7-9-20-14)16(18)12-4-5-12/h7,9,11-12,16-17H,3-6,8,10H2,1-2H3. The van der Waals surface area contributed by atoms with Gasteiger partial charge in [0.05, 0.1) is 6.04 Å². The Kier molecular flexibility index (Phi) is 4.13. The molecule has 3 rings (SSSR count). The fourth-order valence-electron chi connectivity index (χ4n) is 3.35. The van der Waals surface area contributed by atoms with Crippen LogP contribution in [0.2, 0.25) is 0 Å². The molecular weight excluding hydrogens is 268 g/mol. The van der Waals surface area contributed by atoms with Crippen molar-refractivity contribution in [3.05, 3.63) is 21.9 Å². The highest BCUT2D eigenvalue weighted by Gasteiger charge is 2.41. The van der Waals surface area contributed by atoms with Crippen molar-refractivity contribution in [3.63, 3.8) is 0 Å². The average Bonchev–Trinajstić information content (AvgIpc) is 3.14. The summed E-state index contributed by atoms with van der Waals surface area (Å²) in [5, 5.41) is 5.53. The number of amides is 1. The maximum absolute atomic E-state index is 12.6. The van der Waals surface area contributed by atoms with E-state index in [1.165, 1.54) is 23.3 Å². The van der Waals surface area contributed by atoms with E-state index >= 15 is 0 Å². The summed E-state index contributed by atoms with van der Waals surface area (Å²) in [6, 6.07) is 2.89. The number of nitrogens with one attached hydrogen (secondary N) is 1. The van der Waals surface area contributed by atoms with Gasteiger partial charge in [-0.3, -0.25) is 4.79 Å². The van der Waals surface area contributed by atoms with Crippen LogP contribution in [0.3, 0.4) is 0 Å². The topological polar surface area (TPSA) is 32.3 Å². The molecule has 110 valence electrons. The molecular formula is C16H24N2OS. The molecule has 1 aromatic rings. The van der Waals surface area contributed by atoms with Crippen molar-refractivity contribution in [2.75, 3.05) is 13.1 Å². The van der Waals surface area contributed by atoms with Crippen molar-refractivity contribution in [2.24, 2.45) is 5.92 Å². The van der Waals surface area contributed by atoms with Gasteiger partial charge in [-0.25, -0.2) is 0 Å². The highest BCUT2D eigenvalue weighted by molar-refractivity contribution is 7.10. The average molecular weight is 292 g/mol. The van der Waals surface area contributed by atoms with Crippen molar-refractivity contribution in [2.45, 2.75) is 51.6 Å². The lowest BCUT2D eigenvalue weighted by Crippen LogP contribution is -2.43. The number of thiophene rings is 1. The molecule has 0 radical (unpaired) electrons. The molecule has 0 spiro atoms. The van der Waals surface area contributed by atoms with E-state index in [2.05, 4.69) is 35.5 Å². The minimum atomic E-state index is 0.274. The molecule has 1 N–H and O–H groups in total. The van der Waals surface area contributed by atoms with Crippen LogP contribution in [-0.4, -0.2) is 29.9 Å². The Morgan fingerprint density at radius 3 is 3.05 bits per heavy atom. The number of hydrogen-bond acceptors (Lipinski definition) is 3. The van der Waals surface area contributed by atoms with Gasteiger partial charge in [-0.1, -0.05) is 6.92 Å². The Bertz CT molecular complexity index is 481. The maximum atomic E-state index is 12.6. The summed E-state index contributed by atoms with van der Waals surface area (Å²) in [7, 11) is 0. The molecule has 0 aromatic carbocycles. The Morgan fingerprint density at radius 2 is 2.35 bits per heavy atom. The lowest BCUT2D eigenvalue weighted by Gasteiger charge is -2.37. The summed E-state index contributed by atoms with van der Waals surface area (Å²) in [6.07, 6.45) is 4.23. The van der Waals surface area contributed by atoms with E-state index in [0.717, 1.165) is 19.5 Å². The lowest BCUT2D eigenvalue weighted by atomic mass is 9.95. The van der Waals surface area contributed by atoms with Crippen molar-refractivity contribution in [3.8, 4) is 0 Å². The summed E-state index contributed by atoms with van der Waals surface area (Å²) >= 11 is 1.86. The first-order valence-electron chi connectivity index (χ1n) is 7.79. The molecule has 3 nitrogen and oxygen atoms in total. The van der Waals surface area contributed by atoms with Gasteiger partial charge < -0.3 is 10.2 Å². The molecule has 2 unspecified atom stereocenters. The SMILES string of the molecule is CCNC(C)CC(=O)N1CCc2sccc2C1C1CC1. The van der Waals surface area contributed by atoms with E-state index in [9.17, 15) is 4.79 Å². The highest BCUT2D eigenvalue weighted by Crippen LogP contribution is 2.48. The van der Waals surface area contributed by atoms with Crippen LogP contribution < -0.4 is 5.32 Å². The van der Waals surface area contributed by atoms with E-state index in [1.807, 2.05) is 11.3 Å². The minimum Gasteiger partial charge on any atom is -0.335 e. The van der Waals surface area contributed by atoms with Crippen LogP contribution in [0.5, 0.6) is 0 Å². The van der Waals surface area contributed by atoms with Crippen LogP contribution in [0.4, 0.5) is 0 Å². The lowest BCUT2D eigenvalue weighted by molar-refractivity contribution is -0.135. The number of fused-ring (bicyclic) bond motifs is 1. The van der Waals surface area contributed by atoms with Crippen molar-refractivity contribution in [1.82, 2.24) is 10.2 Å². The van der Waals surface area contributed by atoms with Gasteiger partial charge in [0.1, 0.15) is 0 Å². The number of carbonyl (C=O) groups excluding carboxylic acids is 1. The summed E-state index contributed by atoms with van der Waals surface area (Å²) in [5.41, 5.74) is 1.44. The highest BCUT2D eigenvalue weighted by atomic mass is 32.1. The molecule has 1 amide bonds. The first-order valence-corrected chi connectivity index (χ1v) is 8.67. The van der Waals surface area contributed by atoms with Gasteiger partial charge in [-0.2, -0.15) is 0 Å². The van der Waals surface area contributed by atoms with Crippen molar-refractivity contribution >= 4 is 17.2 Å². The quantitative estimate of drug-likeness (QED) is 0.905. The van der Waals surface area contributed by atoms with Gasteiger partial charge >= 0.3 is 0 Å². The third-order valence-corrected chi connectivity index (χ3v) is 5.43. The molecule has 0 bridgehead atoms. The fraction of sp³-hybridized carbons (Fsp3) is 0.688. The first-order chi connectivity index (χ1) is 9.70. The molecule has 2 heterocycles. The third-order valence-electron chi connectivity index (χ3n) is 4.44. The predicted molar refractivity (Wildman–Crippen MR) is 83.0 cm³/mol. The normalized spacial score (nSPS) is 23.5. The van der Waals surface area contributed by atoms with Gasteiger partial charge in [-0.15, -0.1) is 11.3 Å². The second kappa shape index (κ2) is 5.86. The molecule has 20 heavy (non-hydrogen) atoms. The molecule has 1 aliphatic carbocycles. The molecule has 1 aliphatic heterocycles. The van der Waals surface area contributed by atoms with Crippen LogP contribution in [-0.2, 0) is 11.2 Å². The second-order valence-electron chi connectivity index (χ2n) is 6.08. The van der Waals surface area contributed by atoms with Gasteiger partial charge in [0, 0.05) is 23.9 Å². The van der Waals surface area contributed by atoms with E-state index in [4.69, 9.17) is 0 Å². The number of carbonyl (C=O) groups is 1. The van der Waals surface area contributed by atoms with E-state index < -0.39 is 0 Å². The molecule has 1 saturated carbocycles. The summed E-state index contributed by atoms with van der Waals surface area (Å²) < 4.78 is 0. The number of nitrogens with zero attached hydrogens (tertiary/aromatic N) is 1. The van der Waals surface area contributed by atoms with Gasteiger partial charge in [0.2, 0.25) is 5.91 Å². The van der Waals surface area contributed by atoms with Crippen LogP contribution in [0.1, 0.15) is 49.6 Å². The van der Waals surface area contributed by atoms with Gasteiger partial charge in [0.25, 0.3) is 0 Å². The zero-order valence-corrected chi connectivity index (χ0v) is 13.2. The van der Waals surface area contributed by atoms with E-state index in [-0.39, 0.29) is 6.04 Å². The van der Waals surface area contributed by atoms with Crippen molar-refractivity contribution in [1.29, 1.82) is 0 Å². The van der Waals surface area contributed by atoms with Crippen LogP contribution >= 0.6 is 11.3 Å². The molecule has 1 fully saturated rings. The Hall–Kier alpha value is -0.870. The van der Waals surface area contributed by atoms with Crippen LogP contribution in [0.15, 0.2) is 11.4 Å². The second-order valence-corrected chi connectivity index (χ2v) is 7.08. The van der Waals surface area contributed by atoms with Gasteiger partial charge in [0.15, 0.2) is 0 Å². The van der Waals surface area contributed by atoms with Crippen LogP contribution in [0.25, 0.3) is 0 Å². The summed E-state index contributed by atoms with van der Waals surface area (Å²) in [4.78, 5) is 16.3. The molecule has 2 aliphatic rings. The van der Waals surface area contributed by atoms with Crippen molar-refractivity contribution < 1.29 is 4.79 Å². The van der Waals surface area contributed by atoms with Gasteiger partial charge in [-0.05, 0) is 55.7 Å². The molecule has 4 heteroatoms. The predicted octanol–water partition coefficient (Wildman–Crippen LogP) is 2.97. The zero-order chi connectivity index (χ0) is 14.1. The Balaban J connectivity index is 1.74. The third kappa shape index (κ3) is 2.77. The van der Waals surface area contributed by atoms with E-state index in [1.54, 1.807) is 0 Å².